The van der Waals surface area contributed by atoms with Gasteiger partial charge >= 0.3 is 5.97 Å². The Balaban J connectivity index is 1.99. The van der Waals surface area contributed by atoms with E-state index in [9.17, 15) is 13.6 Å². The minimum atomic E-state index is -1.15. The monoisotopic (exact) mass is 279 g/mol. The molecule has 0 amide bonds. The lowest BCUT2D eigenvalue weighted by Gasteiger charge is -2.07. The Bertz CT molecular complexity index is 680. The van der Waals surface area contributed by atoms with E-state index in [1.807, 2.05) is 0 Å². The van der Waals surface area contributed by atoms with Crippen LogP contribution in [-0.2, 0) is 6.54 Å². The van der Waals surface area contributed by atoms with Gasteiger partial charge in [0.1, 0.15) is 0 Å². The quantitative estimate of drug-likeness (QED) is 0.931. The lowest BCUT2D eigenvalue weighted by molar-refractivity contribution is 0.0689. The van der Waals surface area contributed by atoms with Gasteiger partial charge in [-0.25, -0.2) is 18.3 Å². The van der Waals surface area contributed by atoms with E-state index in [0.717, 1.165) is 18.9 Å². The maximum absolute atomic E-state index is 13.6. The standard InChI is InChI=1S/C13H11F2N3O2/c14-9-3-1-2-8(10(9)15)6-18-12(7-4-5-7)11(13(19)20)16-17-18/h1-3,7H,4-6H2,(H,19,20). The van der Waals surface area contributed by atoms with Gasteiger partial charge in [0.05, 0.1) is 12.2 Å². The van der Waals surface area contributed by atoms with Gasteiger partial charge in [0, 0.05) is 11.5 Å². The van der Waals surface area contributed by atoms with Gasteiger partial charge in [-0.05, 0) is 18.9 Å². The summed E-state index contributed by atoms with van der Waals surface area (Å²) in [4.78, 5) is 11.1. The van der Waals surface area contributed by atoms with Gasteiger partial charge in [-0.2, -0.15) is 0 Å². The van der Waals surface area contributed by atoms with Crippen LogP contribution in [0.25, 0.3) is 0 Å². The van der Waals surface area contributed by atoms with Crippen LogP contribution >= 0.6 is 0 Å². The third-order valence-corrected chi connectivity index (χ3v) is 3.29. The predicted octanol–water partition coefficient (Wildman–Crippen LogP) is 2.18. The van der Waals surface area contributed by atoms with E-state index < -0.39 is 17.6 Å². The number of nitrogens with zero attached hydrogens (tertiary/aromatic N) is 3. The Morgan fingerprint density at radius 3 is 2.80 bits per heavy atom. The van der Waals surface area contributed by atoms with Crippen LogP contribution in [0.1, 0.15) is 40.5 Å². The van der Waals surface area contributed by atoms with Crippen molar-refractivity contribution in [1.29, 1.82) is 0 Å². The molecule has 20 heavy (non-hydrogen) atoms. The summed E-state index contributed by atoms with van der Waals surface area (Å²) >= 11 is 0. The number of halogens is 2. The zero-order chi connectivity index (χ0) is 14.3. The first-order valence-electron chi connectivity index (χ1n) is 6.17. The number of hydrogen-bond donors (Lipinski definition) is 1. The lowest BCUT2D eigenvalue weighted by Crippen LogP contribution is -2.10. The molecule has 1 aliphatic rings. The Kier molecular flexibility index (Phi) is 2.96. The molecule has 1 saturated carbocycles. The molecule has 1 aromatic heterocycles. The smallest absolute Gasteiger partial charge is 0.358 e. The molecule has 0 aliphatic heterocycles. The first-order valence-corrected chi connectivity index (χ1v) is 6.17. The van der Waals surface area contributed by atoms with Crippen LogP contribution in [0, 0.1) is 11.6 Å². The predicted molar refractivity (Wildman–Crippen MR) is 64.4 cm³/mol. The maximum Gasteiger partial charge on any atom is 0.358 e. The van der Waals surface area contributed by atoms with Crippen LogP contribution in [-0.4, -0.2) is 26.1 Å². The molecule has 2 aromatic rings. The summed E-state index contributed by atoms with van der Waals surface area (Å²) in [5.41, 5.74) is 0.499. The first-order chi connectivity index (χ1) is 9.58. The molecular weight excluding hydrogens is 268 g/mol. The van der Waals surface area contributed by atoms with Crippen molar-refractivity contribution < 1.29 is 18.7 Å². The SMILES string of the molecule is O=C(O)c1nnn(Cc2cccc(F)c2F)c1C1CC1. The van der Waals surface area contributed by atoms with Crippen molar-refractivity contribution >= 4 is 5.97 Å². The zero-order valence-electron chi connectivity index (χ0n) is 10.4. The molecule has 0 spiro atoms. The molecule has 1 heterocycles. The molecule has 1 aromatic carbocycles. The van der Waals surface area contributed by atoms with E-state index in [1.165, 1.54) is 16.8 Å². The second-order valence-electron chi connectivity index (χ2n) is 4.77. The van der Waals surface area contributed by atoms with Crippen molar-refractivity contribution in [3.63, 3.8) is 0 Å². The number of carbonyl (C=O) groups is 1. The van der Waals surface area contributed by atoms with Crippen LogP contribution in [0.15, 0.2) is 18.2 Å². The summed E-state index contributed by atoms with van der Waals surface area (Å²) in [6.45, 7) is -0.0320. The first kappa shape index (κ1) is 12.7. The van der Waals surface area contributed by atoms with E-state index in [0.29, 0.717) is 5.69 Å². The normalized spacial score (nSPS) is 14.5. The minimum Gasteiger partial charge on any atom is -0.476 e. The highest BCUT2D eigenvalue weighted by atomic mass is 19.2. The highest BCUT2D eigenvalue weighted by Crippen LogP contribution is 2.41. The van der Waals surface area contributed by atoms with Gasteiger partial charge in [0.15, 0.2) is 17.3 Å². The lowest BCUT2D eigenvalue weighted by atomic mass is 10.2. The molecule has 1 fully saturated rings. The van der Waals surface area contributed by atoms with Crippen molar-refractivity contribution in [2.24, 2.45) is 0 Å². The van der Waals surface area contributed by atoms with Crippen LogP contribution < -0.4 is 0 Å². The van der Waals surface area contributed by atoms with Crippen LogP contribution in [0.4, 0.5) is 8.78 Å². The molecule has 0 unspecified atom stereocenters. The number of hydrogen-bond acceptors (Lipinski definition) is 3. The van der Waals surface area contributed by atoms with Crippen molar-refractivity contribution in [3.8, 4) is 0 Å². The fourth-order valence-electron chi connectivity index (χ4n) is 2.18. The number of rotatable bonds is 4. The Hall–Kier alpha value is -2.31. The molecular formula is C13H11F2N3O2. The van der Waals surface area contributed by atoms with E-state index in [-0.39, 0.29) is 23.7 Å². The second-order valence-corrected chi connectivity index (χ2v) is 4.77. The number of aromatic carboxylic acids is 1. The summed E-state index contributed by atoms with van der Waals surface area (Å²) in [7, 11) is 0. The molecule has 1 N–H and O–H groups in total. The van der Waals surface area contributed by atoms with Crippen molar-refractivity contribution in [1.82, 2.24) is 15.0 Å². The van der Waals surface area contributed by atoms with Crippen molar-refractivity contribution in [2.75, 3.05) is 0 Å². The van der Waals surface area contributed by atoms with Crippen molar-refractivity contribution in [2.45, 2.75) is 25.3 Å². The largest absolute Gasteiger partial charge is 0.476 e. The van der Waals surface area contributed by atoms with E-state index in [1.54, 1.807) is 0 Å². The van der Waals surface area contributed by atoms with E-state index in [2.05, 4.69) is 10.3 Å². The van der Waals surface area contributed by atoms with E-state index >= 15 is 0 Å². The molecule has 0 bridgehead atoms. The summed E-state index contributed by atoms with van der Waals surface area (Å²) in [5, 5.41) is 16.5. The molecule has 1 aliphatic carbocycles. The molecule has 7 heteroatoms. The fraction of sp³-hybridized carbons (Fsp3) is 0.308. The molecule has 0 atom stereocenters. The molecule has 0 saturated heterocycles. The average molecular weight is 279 g/mol. The summed E-state index contributed by atoms with van der Waals surface area (Å²) in [5.74, 6) is -2.94. The minimum absolute atomic E-state index is 0.0320. The van der Waals surface area contributed by atoms with Gasteiger partial charge in [0.25, 0.3) is 0 Å². The van der Waals surface area contributed by atoms with Gasteiger partial charge in [-0.15, -0.1) is 5.10 Å². The van der Waals surface area contributed by atoms with Crippen LogP contribution in [0.3, 0.4) is 0 Å². The van der Waals surface area contributed by atoms with Gasteiger partial charge in [-0.3, -0.25) is 0 Å². The zero-order valence-corrected chi connectivity index (χ0v) is 10.4. The summed E-state index contributed by atoms with van der Waals surface area (Å²) < 4.78 is 28.2. The highest BCUT2D eigenvalue weighted by molar-refractivity contribution is 5.86. The third-order valence-electron chi connectivity index (χ3n) is 3.29. The van der Waals surface area contributed by atoms with Crippen LogP contribution in [0.2, 0.25) is 0 Å². The summed E-state index contributed by atoms with van der Waals surface area (Å²) in [6, 6.07) is 3.88. The Morgan fingerprint density at radius 2 is 2.15 bits per heavy atom. The van der Waals surface area contributed by atoms with Gasteiger partial charge < -0.3 is 5.11 Å². The average Bonchev–Trinajstić information content (AvgIpc) is 3.16. The molecule has 3 rings (SSSR count). The molecule has 5 nitrogen and oxygen atoms in total. The second kappa shape index (κ2) is 4.66. The molecule has 104 valence electrons. The Morgan fingerprint density at radius 1 is 1.40 bits per heavy atom. The van der Waals surface area contributed by atoms with Crippen molar-refractivity contribution in [3.05, 3.63) is 46.8 Å². The Labute approximate surface area is 112 Å². The number of carboxylic acid groups (broad SMARTS) is 1. The molecule has 0 radical (unpaired) electrons. The van der Waals surface area contributed by atoms with Gasteiger partial charge in [-0.1, -0.05) is 17.3 Å². The van der Waals surface area contributed by atoms with E-state index in [4.69, 9.17) is 5.11 Å². The third kappa shape index (κ3) is 2.15. The van der Waals surface area contributed by atoms with Crippen LogP contribution in [0.5, 0.6) is 0 Å². The maximum atomic E-state index is 13.6. The summed E-state index contributed by atoms with van der Waals surface area (Å²) in [6.07, 6.45) is 1.72. The number of benzene rings is 1. The fourth-order valence-corrected chi connectivity index (χ4v) is 2.18. The number of carboxylic acids is 1. The topological polar surface area (TPSA) is 68.0 Å². The highest BCUT2D eigenvalue weighted by Gasteiger charge is 2.33. The number of aromatic nitrogens is 3. The van der Waals surface area contributed by atoms with Gasteiger partial charge in [0.2, 0.25) is 0 Å².